The molecule has 0 bridgehead atoms. The smallest absolute Gasteiger partial charge is 0.311 e. The number of amides is 1. The molecule has 3 aromatic rings. The van der Waals surface area contributed by atoms with Gasteiger partial charge in [-0.2, -0.15) is 0 Å². The minimum atomic E-state index is -0.495. The van der Waals surface area contributed by atoms with Gasteiger partial charge in [0.25, 0.3) is 5.56 Å². The average molecular weight is 470 g/mol. The van der Waals surface area contributed by atoms with E-state index in [1.165, 1.54) is 10.5 Å². The van der Waals surface area contributed by atoms with Crippen molar-refractivity contribution in [1.29, 1.82) is 0 Å². The summed E-state index contributed by atoms with van der Waals surface area (Å²) in [6.07, 6.45) is 2.53. The number of pyridine rings is 1. The summed E-state index contributed by atoms with van der Waals surface area (Å²) in [7, 11) is 0. The van der Waals surface area contributed by atoms with Crippen LogP contribution in [0, 0.1) is 5.92 Å². The molecule has 4 rings (SSSR count). The van der Waals surface area contributed by atoms with Crippen LogP contribution < -0.4 is 5.56 Å². The third-order valence-electron chi connectivity index (χ3n) is 5.10. The van der Waals surface area contributed by atoms with E-state index >= 15 is 0 Å². The fourth-order valence-electron chi connectivity index (χ4n) is 3.52. The monoisotopic (exact) mass is 469 g/mol. The number of carbonyl (C=O) groups excluding carboxylic acids is 2. The number of hydrogen-bond acceptors (Lipinski definition) is 5. The summed E-state index contributed by atoms with van der Waals surface area (Å²) < 4.78 is 7.54. The summed E-state index contributed by atoms with van der Waals surface area (Å²) in [4.78, 5) is 43.0. The van der Waals surface area contributed by atoms with E-state index in [9.17, 15) is 14.4 Å². The predicted octanol–water partition coefficient (Wildman–Crippen LogP) is 2.59. The SMILES string of the molecule is O=C(OCc1cc(=O)n2cc(Br)ccc2n1)[C@H]1CC(=O)N(CCc2ccccc2)C1. The van der Waals surface area contributed by atoms with E-state index in [0.29, 0.717) is 24.4 Å². The molecule has 1 atom stereocenters. The number of ether oxygens (including phenoxy) is 1. The number of fused-ring (bicyclic) bond motifs is 1. The molecule has 3 heterocycles. The zero-order chi connectivity index (χ0) is 21.1. The molecule has 0 N–H and O–H groups in total. The van der Waals surface area contributed by atoms with Crippen LogP contribution in [-0.2, 0) is 27.4 Å². The van der Waals surface area contributed by atoms with E-state index in [-0.39, 0.29) is 24.5 Å². The second-order valence-corrected chi connectivity index (χ2v) is 8.16. The van der Waals surface area contributed by atoms with Crippen LogP contribution in [-0.4, -0.2) is 39.3 Å². The van der Waals surface area contributed by atoms with Crippen LogP contribution in [0.4, 0.5) is 0 Å². The van der Waals surface area contributed by atoms with Gasteiger partial charge in [0.2, 0.25) is 5.91 Å². The molecular weight excluding hydrogens is 450 g/mol. The standard InChI is InChI=1S/C22H20BrN3O4/c23-17-6-7-19-24-18(11-21(28)26(19)13-17)14-30-22(29)16-10-20(27)25(12-16)9-8-15-4-2-1-3-5-15/h1-7,11,13,16H,8-10,12,14H2/t16-/m0/s1. The summed E-state index contributed by atoms with van der Waals surface area (Å²) in [5, 5.41) is 0. The Kier molecular flexibility index (Phi) is 5.94. The first-order valence-electron chi connectivity index (χ1n) is 9.66. The second kappa shape index (κ2) is 8.79. The number of carbonyl (C=O) groups is 2. The van der Waals surface area contributed by atoms with Gasteiger partial charge < -0.3 is 9.64 Å². The van der Waals surface area contributed by atoms with Crippen LogP contribution in [0.25, 0.3) is 5.65 Å². The van der Waals surface area contributed by atoms with Gasteiger partial charge in [0.1, 0.15) is 12.3 Å². The fraction of sp³-hybridized carbons (Fsp3) is 0.273. The van der Waals surface area contributed by atoms with Crippen molar-refractivity contribution in [3.05, 3.63) is 80.8 Å². The topological polar surface area (TPSA) is 81.0 Å². The molecule has 1 aliphatic heterocycles. The maximum Gasteiger partial charge on any atom is 0.311 e. The van der Waals surface area contributed by atoms with Crippen LogP contribution >= 0.6 is 15.9 Å². The van der Waals surface area contributed by atoms with E-state index < -0.39 is 11.9 Å². The summed E-state index contributed by atoms with van der Waals surface area (Å²) in [6.45, 7) is 0.826. The number of benzene rings is 1. The Labute approximate surface area is 181 Å². The number of halogens is 1. The van der Waals surface area contributed by atoms with Crippen LogP contribution in [0.2, 0.25) is 0 Å². The van der Waals surface area contributed by atoms with E-state index in [0.717, 1.165) is 16.5 Å². The minimum Gasteiger partial charge on any atom is -0.459 e. The quantitative estimate of drug-likeness (QED) is 0.518. The Morgan fingerprint density at radius 1 is 1.17 bits per heavy atom. The normalized spacial score (nSPS) is 16.2. The molecule has 8 heteroatoms. The Bertz CT molecular complexity index is 1150. The van der Waals surface area contributed by atoms with Gasteiger partial charge in [0.05, 0.1) is 11.6 Å². The number of likely N-dealkylation sites (tertiary alicyclic amines) is 1. The zero-order valence-corrected chi connectivity index (χ0v) is 17.7. The van der Waals surface area contributed by atoms with Gasteiger partial charge in [0.15, 0.2) is 0 Å². The van der Waals surface area contributed by atoms with Crippen molar-refractivity contribution < 1.29 is 14.3 Å². The molecule has 0 spiro atoms. The molecule has 30 heavy (non-hydrogen) atoms. The lowest BCUT2D eigenvalue weighted by Crippen LogP contribution is -2.29. The zero-order valence-electron chi connectivity index (χ0n) is 16.2. The molecule has 7 nitrogen and oxygen atoms in total. The highest BCUT2D eigenvalue weighted by Gasteiger charge is 2.35. The van der Waals surface area contributed by atoms with Crippen LogP contribution in [0.15, 0.2) is 64.0 Å². The van der Waals surface area contributed by atoms with Gasteiger partial charge in [0, 0.05) is 36.2 Å². The maximum absolute atomic E-state index is 12.5. The first-order chi connectivity index (χ1) is 14.5. The lowest BCUT2D eigenvalue weighted by molar-refractivity contribution is -0.149. The molecular formula is C22H20BrN3O4. The van der Waals surface area contributed by atoms with Gasteiger partial charge in [-0.05, 0) is 40.0 Å². The number of aromatic nitrogens is 2. The number of esters is 1. The fourth-order valence-corrected chi connectivity index (χ4v) is 3.85. The third-order valence-corrected chi connectivity index (χ3v) is 5.57. The molecule has 0 radical (unpaired) electrons. The van der Waals surface area contributed by atoms with E-state index in [2.05, 4.69) is 20.9 Å². The van der Waals surface area contributed by atoms with E-state index in [4.69, 9.17) is 4.74 Å². The molecule has 1 amide bonds. The van der Waals surface area contributed by atoms with Crippen molar-refractivity contribution in [3.8, 4) is 0 Å². The number of hydrogen-bond donors (Lipinski definition) is 0. The Morgan fingerprint density at radius 2 is 1.97 bits per heavy atom. The molecule has 0 unspecified atom stereocenters. The van der Waals surface area contributed by atoms with Gasteiger partial charge in [-0.25, -0.2) is 4.98 Å². The molecule has 0 aliphatic carbocycles. The Balaban J connectivity index is 1.34. The van der Waals surface area contributed by atoms with Crippen molar-refractivity contribution in [2.24, 2.45) is 5.92 Å². The number of nitrogens with zero attached hydrogens (tertiary/aromatic N) is 3. The van der Waals surface area contributed by atoms with Gasteiger partial charge in [-0.15, -0.1) is 0 Å². The predicted molar refractivity (Wildman–Crippen MR) is 114 cm³/mol. The van der Waals surface area contributed by atoms with Crippen LogP contribution in [0.5, 0.6) is 0 Å². The van der Waals surface area contributed by atoms with E-state index in [1.54, 1.807) is 23.2 Å². The maximum atomic E-state index is 12.5. The third kappa shape index (κ3) is 4.59. The van der Waals surface area contributed by atoms with Crippen molar-refractivity contribution in [1.82, 2.24) is 14.3 Å². The summed E-state index contributed by atoms with van der Waals surface area (Å²) in [5.41, 5.74) is 1.74. The molecule has 2 aromatic heterocycles. The molecule has 1 saturated heterocycles. The second-order valence-electron chi connectivity index (χ2n) is 7.25. The highest BCUT2D eigenvalue weighted by molar-refractivity contribution is 9.10. The van der Waals surface area contributed by atoms with Crippen molar-refractivity contribution in [3.63, 3.8) is 0 Å². The minimum absolute atomic E-state index is 0.0412. The molecule has 154 valence electrons. The van der Waals surface area contributed by atoms with Crippen LogP contribution in [0.3, 0.4) is 0 Å². The van der Waals surface area contributed by atoms with Gasteiger partial charge in [-0.1, -0.05) is 30.3 Å². The summed E-state index contributed by atoms with van der Waals surface area (Å²) >= 11 is 3.32. The summed E-state index contributed by atoms with van der Waals surface area (Å²) in [6, 6.07) is 14.8. The lowest BCUT2D eigenvalue weighted by Gasteiger charge is -2.16. The summed E-state index contributed by atoms with van der Waals surface area (Å²) in [5.74, 6) is -0.977. The largest absolute Gasteiger partial charge is 0.459 e. The molecule has 1 fully saturated rings. The lowest BCUT2D eigenvalue weighted by atomic mass is 10.1. The highest BCUT2D eigenvalue weighted by atomic mass is 79.9. The van der Waals surface area contributed by atoms with E-state index in [1.807, 2.05) is 30.3 Å². The Morgan fingerprint density at radius 3 is 2.77 bits per heavy atom. The molecule has 1 aromatic carbocycles. The van der Waals surface area contributed by atoms with Crippen molar-refractivity contribution in [2.75, 3.05) is 13.1 Å². The highest BCUT2D eigenvalue weighted by Crippen LogP contribution is 2.20. The van der Waals surface area contributed by atoms with Gasteiger partial charge >= 0.3 is 5.97 Å². The molecule has 0 saturated carbocycles. The Hall–Kier alpha value is -3.00. The van der Waals surface area contributed by atoms with Crippen LogP contribution in [0.1, 0.15) is 17.7 Å². The van der Waals surface area contributed by atoms with Crippen molar-refractivity contribution in [2.45, 2.75) is 19.4 Å². The molecule has 1 aliphatic rings. The first-order valence-corrected chi connectivity index (χ1v) is 10.4. The number of rotatable bonds is 6. The van der Waals surface area contributed by atoms with Crippen molar-refractivity contribution >= 4 is 33.5 Å². The van der Waals surface area contributed by atoms with Gasteiger partial charge in [-0.3, -0.25) is 18.8 Å². The first kappa shape index (κ1) is 20.3. The average Bonchev–Trinajstić information content (AvgIpc) is 3.12.